The second kappa shape index (κ2) is 12.1. The highest BCUT2D eigenvalue weighted by Gasteiger charge is 2.31. The van der Waals surface area contributed by atoms with Gasteiger partial charge in [0.05, 0.1) is 0 Å². The van der Waals surface area contributed by atoms with E-state index in [4.69, 9.17) is 4.42 Å². The molecule has 3 aromatic rings. The molecule has 10 heteroatoms. The maximum atomic E-state index is 12.9. The molecule has 0 radical (unpaired) electrons. The van der Waals surface area contributed by atoms with Gasteiger partial charge in [-0.15, -0.1) is 0 Å². The van der Waals surface area contributed by atoms with Crippen molar-refractivity contribution < 1.29 is 18.8 Å². The minimum Gasteiger partial charge on any atom is -0.451 e. The molecule has 3 amide bonds. The first-order valence-corrected chi connectivity index (χ1v) is 13.0. The zero-order chi connectivity index (χ0) is 25.5. The first-order valence-electron chi connectivity index (χ1n) is 11.9. The summed E-state index contributed by atoms with van der Waals surface area (Å²) < 4.78 is 6.35. The number of halogens is 1. The molecule has 2 heterocycles. The second-order valence-corrected chi connectivity index (χ2v) is 9.69. The summed E-state index contributed by atoms with van der Waals surface area (Å²) in [6, 6.07) is 11.8. The van der Waals surface area contributed by atoms with Crippen LogP contribution >= 0.6 is 22.6 Å². The fraction of sp³-hybridized carbons (Fsp3) is 0.346. The minimum atomic E-state index is -0.582. The van der Waals surface area contributed by atoms with E-state index in [1.165, 1.54) is 0 Å². The summed E-state index contributed by atoms with van der Waals surface area (Å²) in [5.41, 5.74) is 1.94. The maximum Gasteiger partial charge on any atom is 0.287 e. The summed E-state index contributed by atoms with van der Waals surface area (Å²) in [5.74, 6) is -0.104. The van der Waals surface area contributed by atoms with Crippen molar-refractivity contribution in [3.8, 4) is 11.3 Å². The molecule has 0 saturated heterocycles. The molecular formula is C26H28IN5O4. The van der Waals surface area contributed by atoms with Crippen LogP contribution in [0.4, 0.5) is 0 Å². The van der Waals surface area contributed by atoms with Gasteiger partial charge in [-0.3, -0.25) is 14.4 Å². The van der Waals surface area contributed by atoms with Gasteiger partial charge in [0.1, 0.15) is 17.5 Å². The summed E-state index contributed by atoms with van der Waals surface area (Å²) in [6.45, 7) is 0.302. The second-order valence-electron chi connectivity index (χ2n) is 8.72. The highest BCUT2D eigenvalue weighted by atomic mass is 127. The Morgan fingerprint density at radius 3 is 2.64 bits per heavy atom. The van der Waals surface area contributed by atoms with Crippen LogP contribution < -0.4 is 16.0 Å². The number of nitrogens with one attached hydrogen (secondary N) is 3. The molecule has 188 valence electrons. The summed E-state index contributed by atoms with van der Waals surface area (Å²) in [7, 11) is 1.58. The monoisotopic (exact) mass is 601 g/mol. The number of rotatable bonds is 8. The molecule has 0 bridgehead atoms. The number of hydrogen-bond donors (Lipinski definition) is 3. The van der Waals surface area contributed by atoms with Gasteiger partial charge in [0.2, 0.25) is 5.91 Å². The third-order valence-corrected chi connectivity index (χ3v) is 6.81. The lowest BCUT2D eigenvalue weighted by atomic mass is 9.83. The molecule has 0 unspecified atom stereocenters. The first-order chi connectivity index (χ1) is 17.4. The number of carbonyl (C=O) groups excluding carboxylic acids is 3. The Bertz CT molecular complexity index is 1240. The molecule has 1 aliphatic carbocycles. The van der Waals surface area contributed by atoms with Gasteiger partial charge in [-0.1, -0.05) is 37.5 Å². The van der Waals surface area contributed by atoms with E-state index in [-0.39, 0.29) is 23.5 Å². The van der Waals surface area contributed by atoms with Gasteiger partial charge in [-0.25, -0.2) is 9.97 Å². The predicted octanol–water partition coefficient (Wildman–Crippen LogP) is 3.70. The van der Waals surface area contributed by atoms with Crippen LogP contribution in [0.15, 0.2) is 53.1 Å². The molecule has 1 fully saturated rings. The summed E-state index contributed by atoms with van der Waals surface area (Å²) in [6.07, 6.45) is 6.67. The van der Waals surface area contributed by atoms with Crippen molar-refractivity contribution in [3.63, 3.8) is 0 Å². The summed E-state index contributed by atoms with van der Waals surface area (Å²) in [5, 5.41) is 8.40. The number of nitrogens with zero attached hydrogens (tertiary/aromatic N) is 2. The topological polar surface area (TPSA) is 126 Å². The molecule has 36 heavy (non-hydrogen) atoms. The average molecular weight is 601 g/mol. The van der Waals surface area contributed by atoms with Gasteiger partial charge in [-0.2, -0.15) is 0 Å². The van der Waals surface area contributed by atoms with Crippen LogP contribution in [0.25, 0.3) is 11.3 Å². The summed E-state index contributed by atoms with van der Waals surface area (Å²) in [4.78, 5) is 45.9. The molecule has 3 N–H and O–H groups in total. The van der Waals surface area contributed by atoms with Crippen LogP contribution in [0.3, 0.4) is 0 Å². The SMILES string of the molecule is CNC(=O)[C@@H](NC(=O)c1ccc(-c2cccc(CNC(=O)c3ccnc(I)n3)c2)o1)C1CCCCC1. The van der Waals surface area contributed by atoms with Crippen LogP contribution in [0.2, 0.25) is 0 Å². The van der Waals surface area contributed by atoms with Crippen molar-refractivity contribution in [2.45, 2.75) is 44.7 Å². The first kappa shape index (κ1) is 25.8. The van der Waals surface area contributed by atoms with Gasteiger partial charge < -0.3 is 20.4 Å². The molecule has 0 spiro atoms. The number of carbonyl (C=O) groups is 3. The van der Waals surface area contributed by atoms with Crippen LogP contribution in [0.1, 0.15) is 58.7 Å². The molecule has 4 rings (SSSR count). The van der Waals surface area contributed by atoms with Crippen molar-refractivity contribution in [1.82, 2.24) is 25.9 Å². The Balaban J connectivity index is 1.41. The van der Waals surface area contributed by atoms with Crippen molar-refractivity contribution in [1.29, 1.82) is 0 Å². The lowest BCUT2D eigenvalue weighted by molar-refractivity contribution is -0.124. The normalized spacial score (nSPS) is 14.6. The van der Waals surface area contributed by atoms with Gasteiger partial charge in [0.25, 0.3) is 11.8 Å². The van der Waals surface area contributed by atoms with Crippen molar-refractivity contribution in [2.24, 2.45) is 5.92 Å². The van der Waals surface area contributed by atoms with Gasteiger partial charge in [0, 0.05) is 47.9 Å². The quantitative estimate of drug-likeness (QED) is 0.267. The number of hydrogen-bond acceptors (Lipinski definition) is 6. The van der Waals surface area contributed by atoms with Crippen LogP contribution in [-0.2, 0) is 11.3 Å². The van der Waals surface area contributed by atoms with E-state index in [0.29, 0.717) is 21.8 Å². The van der Waals surface area contributed by atoms with Gasteiger partial charge in [0.15, 0.2) is 9.59 Å². The maximum absolute atomic E-state index is 12.9. The molecule has 0 aliphatic heterocycles. The standard InChI is InChI=1S/C26H28IN5O4/c1-28-25(35)22(17-7-3-2-4-8-17)32-24(34)21-11-10-20(36-21)18-9-5-6-16(14-18)15-30-23(33)19-12-13-29-26(27)31-19/h5-6,9-14,17,22H,2-4,7-8,15H2,1H3,(H,28,35)(H,30,33)(H,32,34)/t22-/m0/s1. The van der Waals surface area contributed by atoms with Crippen molar-refractivity contribution in [3.05, 3.63) is 69.5 Å². The Morgan fingerprint density at radius 1 is 1.08 bits per heavy atom. The third kappa shape index (κ3) is 6.48. The van der Waals surface area contributed by atoms with E-state index in [2.05, 4.69) is 25.9 Å². The van der Waals surface area contributed by atoms with E-state index < -0.39 is 11.9 Å². The minimum absolute atomic E-state index is 0.120. The zero-order valence-corrected chi connectivity index (χ0v) is 22.1. The molecule has 9 nitrogen and oxygen atoms in total. The molecule has 1 aliphatic rings. The van der Waals surface area contributed by atoms with E-state index in [1.807, 2.05) is 46.9 Å². The lowest BCUT2D eigenvalue weighted by Crippen LogP contribution is -2.50. The van der Waals surface area contributed by atoms with Crippen LogP contribution in [0, 0.1) is 9.75 Å². The fourth-order valence-electron chi connectivity index (χ4n) is 4.42. The molecule has 1 atom stereocenters. The number of furan rings is 1. The Kier molecular flexibility index (Phi) is 8.68. The number of likely N-dealkylation sites (N-methyl/N-ethyl adjacent to an activating group) is 1. The van der Waals surface area contributed by atoms with Crippen molar-refractivity contribution in [2.75, 3.05) is 7.05 Å². The smallest absolute Gasteiger partial charge is 0.287 e. The molecule has 1 aromatic carbocycles. The van der Waals surface area contributed by atoms with Crippen molar-refractivity contribution >= 4 is 40.3 Å². The van der Waals surface area contributed by atoms with E-state index in [0.717, 1.165) is 43.2 Å². The third-order valence-electron chi connectivity index (χ3n) is 6.29. The highest BCUT2D eigenvalue weighted by Crippen LogP contribution is 2.28. The van der Waals surface area contributed by atoms with Crippen LogP contribution in [-0.4, -0.2) is 40.8 Å². The highest BCUT2D eigenvalue weighted by molar-refractivity contribution is 14.1. The van der Waals surface area contributed by atoms with E-state index >= 15 is 0 Å². The number of benzene rings is 1. The zero-order valence-electron chi connectivity index (χ0n) is 19.9. The molecular weight excluding hydrogens is 573 g/mol. The van der Waals surface area contributed by atoms with Gasteiger partial charge >= 0.3 is 0 Å². The van der Waals surface area contributed by atoms with Gasteiger partial charge in [-0.05, 0) is 48.6 Å². The largest absolute Gasteiger partial charge is 0.451 e. The Morgan fingerprint density at radius 2 is 1.89 bits per heavy atom. The number of amides is 3. The Hall–Kier alpha value is -3.28. The number of aromatic nitrogens is 2. The van der Waals surface area contributed by atoms with Crippen LogP contribution in [0.5, 0.6) is 0 Å². The molecule has 1 saturated carbocycles. The summed E-state index contributed by atoms with van der Waals surface area (Å²) >= 11 is 1.96. The predicted molar refractivity (Wildman–Crippen MR) is 142 cm³/mol. The lowest BCUT2D eigenvalue weighted by Gasteiger charge is -2.29. The van der Waals surface area contributed by atoms with E-state index in [1.54, 1.807) is 31.4 Å². The molecule has 2 aromatic heterocycles. The Labute approximate surface area is 223 Å². The fourth-order valence-corrected chi connectivity index (χ4v) is 4.84. The average Bonchev–Trinajstić information content (AvgIpc) is 3.41. The van der Waals surface area contributed by atoms with E-state index in [9.17, 15) is 14.4 Å².